The fraction of sp³-hybridized carbons (Fsp3) is 0.0870. The fourth-order valence-corrected chi connectivity index (χ4v) is 3.40. The van der Waals surface area contributed by atoms with Crippen LogP contribution in [-0.4, -0.2) is 11.0 Å². The summed E-state index contributed by atoms with van der Waals surface area (Å²) in [5.41, 5.74) is 2.89. The molecular formula is C23H17Cl2NO4. The molecular weight excluding hydrogens is 425 g/mol. The first-order valence-corrected chi connectivity index (χ1v) is 9.88. The number of halogens is 2. The predicted molar refractivity (Wildman–Crippen MR) is 117 cm³/mol. The second-order valence-corrected chi connectivity index (χ2v) is 7.46. The summed E-state index contributed by atoms with van der Waals surface area (Å²) in [5.74, 6) is 1.27. The van der Waals surface area contributed by atoms with Gasteiger partial charge in [-0.1, -0.05) is 41.4 Å². The summed E-state index contributed by atoms with van der Waals surface area (Å²) in [6.45, 7) is 1.72. The van der Waals surface area contributed by atoms with Gasteiger partial charge in [-0.3, -0.25) is 4.79 Å². The molecule has 0 spiro atoms. The van der Waals surface area contributed by atoms with Crippen molar-refractivity contribution in [3.8, 4) is 22.6 Å². The van der Waals surface area contributed by atoms with Crippen molar-refractivity contribution in [3.05, 3.63) is 87.8 Å². The van der Waals surface area contributed by atoms with Crippen molar-refractivity contribution in [2.24, 2.45) is 0 Å². The molecule has 7 heteroatoms. The minimum Gasteiger partial charge on any atom is -0.459 e. The Balaban J connectivity index is 1.58. The molecule has 2 heterocycles. The Labute approximate surface area is 182 Å². The zero-order valence-electron chi connectivity index (χ0n) is 15.9. The largest absolute Gasteiger partial charge is 0.459 e. The number of rotatable bonds is 5. The van der Waals surface area contributed by atoms with Crippen LogP contribution in [0.3, 0.4) is 0 Å². The topological polar surface area (TPSA) is 75.6 Å². The third-order valence-electron chi connectivity index (χ3n) is 4.63. The molecule has 0 saturated carbocycles. The van der Waals surface area contributed by atoms with Crippen molar-refractivity contribution in [3.63, 3.8) is 0 Å². The molecule has 0 aliphatic carbocycles. The van der Waals surface area contributed by atoms with E-state index in [0.717, 1.165) is 11.1 Å². The van der Waals surface area contributed by atoms with Crippen LogP contribution in [0.5, 0.6) is 0 Å². The number of furan rings is 2. The molecule has 4 aromatic rings. The molecule has 0 aliphatic rings. The standard InChI is InChI=1S/C23H17Cl2NO4/c1-13-5-6-14(19-8-7-15(12-27)29-19)11-18(13)26-23(28)21-10-9-20(30-21)16-3-2-4-17(24)22(16)25/h2-11,27H,12H2,1H3,(H,26,28). The average molecular weight is 442 g/mol. The van der Waals surface area contributed by atoms with Crippen LogP contribution in [-0.2, 0) is 6.61 Å². The summed E-state index contributed by atoms with van der Waals surface area (Å²) >= 11 is 12.3. The van der Waals surface area contributed by atoms with Gasteiger partial charge in [0, 0.05) is 16.8 Å². The van der Waals surface area contributed by atoms with Gasteiger partial charge in [-0.25, -0.2) is 0 Å². The monoisotopic (exact) mass is 441 g/mol. The van der Waals surface area contributed by atoms with Crippen molar-refractivity contribution in [1.29, 1.82) is 0 Å². The second-order valence-electron chi connectivity index (χ2n) is 6.67. The lowest BCUT2D eigenvalue weighted by Gasteiger charge is -2.09. The molecule has 0 saturated heterocycles. The van der Waals surface area contributed by atoms with Gasteiger partial charge in [0.1, 0.15) is 23.9 Å². The van der Waals surface area contributed by atoms with Crippen LogP contribution in [0.4, 0.5) is 5.69 Å². The summed E-state index contributed by atoms with van der Waals surface area (Å²) < 4.78 is 11.3. The number of anilines is 1. The summed E-state index contributed by atoms with van der Waals surface area (Å²) in [4.78, 5) is 12.7. The number of benzene rings is 2. The van der Waals surface area contributed by atoms with E-state index in [1.165, 1.54) is 0 Å². The van der Waals surface area contributed by atoms with Crippen molar-refractivity contribution < 1.29 is 18.7 Å². The number of aliphatic hydroxyl groups is 1. The van der Waals surface area contributed by atoms with Gasteiger partial charge in [0.05, 0.1) is 10.0 Å². The van der Waals surface area contributed by atoms with Crippen LogP contribution < -0.4 is 5.32 Å². The third kappa shape index (κ3) is 4.00. The third-order valence-corrected chi connectivity index (χ3v) is 5.45. The highest BCUT2D eigenvalue weighted by atomic mass is 35.5. The lowest BCUT2D eigenvalue weighted by molar-refractivity contribution is 0.0997. The first-order chi connectivity index (χ1) is 14.5. The number of amides is 1. The Bertz CT molecular complexity index is 1230. The quantitative estimate of drug-likeness (QED) is 0.367. The molecule has 5 nitrogen and oxygen atoms in total. The van der Waals surface area contributed by atoms with Crippen molar-refractivity contribution in [2.75, 3.05) is 5.32 Å². The number of carbonyl (C=O) groups excluding carboxylic acids is 1. The zero-order valence-corrected chi connectivity index (χ0v) is 17.4. The highest BCUT2D eigenvalue weighted by Gasteiger charge is 2.16. The van der Waals surface area contributed by atoms with Gasteiger partial charge >= 0.3 is 0 Å². The first-order valence-electron chi connectivity index (χ1n) is 9.12. The lowest BCUT2D eigenvalue weighted by Crippen LogP contribution is -2.11. The number of hydrogen-bond acceptors (Lipinski definition) is 4. The molecule has 2 aromatic heterocycles. The SMILES string of the molecule is Cc1ccc(-c2ccc(CO)o2)cc1NC(=O)c1ccc(-c2cccc(Cl)c2Cl)o1. The van der Waals surface area contributed by atoms with E-state index < -0.39 is 5.91 Å². The van der Waals surface area contributed by atoms with Crippen LogP contribution in [0, 0.1) is 6.92 Å². The number of aliphatic hydroxyl groups excluding tert-OH is 1. The Kier molecular flexibility index (Phi) is 5.68. The molecule has 2 N–H and O–H groups in total. The Morgan fingerprint density at radius 2 is 1.80 bits per heavy atom. The van der Waals surface area contributed by atoms with Crippen LogP contribution >= 0.6 is 23.2 Å². The van der Waals surface area contributed by atoms with Gasteiger partial charge < -0.3 is 19.3 Å². The van der Waals surface area contributed by atoms with Gasteiger partial charge in [0.25, 0.3) is 5.91 Å². The van der Waals surface area contributed by atoms with Crippen molar-refractivity contribution in [2.45, 2.75) is 13.5 Å². The molecule has 2 aromatic carbocycles. The molecule has 4 rings (SSSR count). The molecule has 1 amide bonds. The van der Waals surface area contributed by atoms with Gasteiger partial charge in [-0.2, -0.15) is 0 Å². The number of aryl methyl sites for hydroxylation is 1. The molecule has 152 valence electrons. The van der Waals surface area contributed by atoms with Gasteiger partial charge in [-0.15, -0.1) is 0 Å². The van der Waals surface area contributed by atoms with Crippen LogP contribution in [0.15, 0.2) is 69.5 Å². The van der Waals surface area contributed by atoms with Gasteiger partial charge in [0.15, 0.2) is 5.76 Å². The smallest absolute Gasteiger partial charge is 0.291 e. The van der Waals surface area contributed by atoms with E-state index in [1.807, 2.05) is 25.1 Å². The van der Waals surface area contributed by atoms with E-state index in [1.54, 1.807) is 42.5 Å². The zero-order chi connectivity index (χ0) is 21.3. The van der Waals surface area contributed by atoms with E-state index in [-0.39, 0.29) is 12.4 Å². The highest BCUT2D eigenvalue weighted by Crippen LogP contribution is 2.34. The van der Waals surface area contributed by atoms with E-state index in [9.17, 15) is 9.90 Å². The summed E-state index contributed by atoms with van der Waals surface area (Å²) in [6.07, 6.45) is 0. The van der Waals surface area contributed by atoms with Crippen LogP contribution in [0.25, 0.3) is 22.6 Å². The minimum atomic E-state index is -0.393. The molecule has 0 unspecified atom stereocenters. The maximum absolute atomic E-state index is 12.7. The fourth-order valence-electron chi connectivity index (χ4n) is 3.01. The highest BCUT2D eigenvalue weighted by molar-refractivity contribution is 6.43. The van der Waals surface area contributed by atoms with E-state index in [2.05, 4.69) is 5.32 Å². The van der Waals surface area contributed by atoms with E-state index in [0.29, 0.717) is 38.6 Å². The molecule has 0 radical (unpaired) electrons. The van der Waals surface area contributed by atoms with Crippen LogP contribution in [0.2, 0.25) is 10.0 Å². The average Bonchev–Trinajstić information content (AvgIpc) is 3.41. The number of carbonyl (C=O) groups is 1. The maximum atomic E-state index is 12.7. The first kappa shape index (κ1) is 20.3. The Morgan fingerprint density at radius 1 is 1.00 bits per heavy atom. The van der Waals surface area contributed by atoms with Gasteiger partial charge in [0.2, 0.25) is 0 Å². The Hall–Kier alpha value is -2.99. The molecule has 0 fully saturated rings. The summed E-state index contributed by atoms with van der Waals surface area (Å²) in [7, 11) is 0. The van der Waals surface area contributed by atoms with E-state index in [4.69, 9.17) is 32.0 Å². The molecule has 0 bridgehead atoms. The maximum Gasteiger partial charge on any atom is 0.291 e. The number of nitrogens with one attached hydrogen (secondary N) is 1. The van der Waals surface area contributed by atoms with Crippen molar-refractivity contribution >= 4 is 34.8 Å². The lowest BCUT2D eigenvalue weighted by atomic mass is 10.1. The summed E-state index contributed by atoms with van der Waals surface area (Å²) in [6, 6.07) is 17.5. The number of hydrogen-bond donors (Lipinski definition) is 2. The molecule has 0 aliphatic heterocycles. The second kappa shape index (κ2) is 8.40. The summed E-state index contributed by atoms with van der Waals surface area (Å²) in [5, 5.41) is 12.8. The predicted octanol–water partition coefficient (Wildman–Crippen LogP) is 6.57. The molecule has 30 heavy (non-hydrogen) atoms. The Morgan fingerprint density at radius 3 is 2.57 bits per heavy atom. The van der Waals surface area contributed by atoms with Crippen LogP contribution in [0.1, 0.15) is 21.9 Å². The normalized spacial score (nSPS) is 10.9. The molecule has 0 atom stereocenters. The van der Waals surface area contributed by atoms with E-state index >= 15 is 0 Å². The minimum absolute atomic E-state index is 0.145. The van der Waals surface area contributed by atoms with Crippen molar-refractivity contribution in [1.82, 2.24) is 0 Å². The van der Waals surface area contributed by atoms with Gasteiger partial charge in [-0.05, 0) is 55.0 Å².